The summed E-state index contributed by atoms with van der Waals surface area (Å²) in [5.41, 5.74) is 1.21. The van der Waals surface area contributed by atoms with Gasteiger partial charge in [-0.3, -0.25) is 9.59 Å². The van der Waals surface area contributed by atoms with Gasteiger partial charge in [-0.25, -0.2) is 0 Å². The lowest BCUT2D eigenvalue weighted by Crippen LogP contribution is -2.28. The molecule has 0 aromatic carbocycles. The fourth-order valence-electron chi connectivity index (χ4n) is 2.69. The fourth-order valence-corrected chi connectivity index (χ4v) is 2.69. The lowest BCUT2D eigenvalue weighted by atomic mass is 9.74. The zero-order valence-corrected chi connectivity index (χ0v) is 7.60. The standard InChI is InChI=1S/C11H10O3/c12-10-8-5-4-6-2-1-3-7(6)9(8)11(13)14-10/h1-2,4,7-9H,3,5H2/t7?,8-,9+/m1/s1. The van der Waals surface area contributed by atoms with Crippen molar-refractivity contribution in [2.75, 3.05) is 0 Å². The van der Waals surface area contributed by atoms with Gasteiger partial charge in [0.05, 0.1) is 11.8 Å². The van der Waals surface area contributed by atoms with Crippen LogP contribution in [0, 0.1) is 17.8 Å². The van der Waals surface area contributed by atoms with Crippen LogP contribution in [0.4, 0.5) is 0 Å². The number of cyclic esters (lactones) is 2. The molecule has 1 unspecified atom stereocenters. The van der Waals surface area contributed by atoms with Crippen LogP contribution in [-0.4, -0.2) is 11.9 Å². The molecule has 0 bridgehead atoms. The monoisotopic (exact) mass is 190 g/mol. The van der Waals surface area contributed by atoms with Gasteiger partial charge < -0.3 is 4.74 Å². The zero-order valence-electron chi connectivity index (χ0n) is 7.60. The Morgan fingerprint density at radius 2 is 2.00 bits per heavy atom. The second-order valence-corrected chi connectivity index (χ2v) is 4.06. The molecule has 0 saturated carbocycles. The summed E-state index contributed by atoms with van der Waals surface area (Å²) in [5.74, 6) is -0.872. The summed E-state index contributed by atoms with van der Waals surface area (Å²) in [6, 6.07) is 0. The molecular formula is C11H10O3. The Kier molecular flexibility index (Phi) is 1.46. The first-order chi connectivity index (χ1) is 6.77. The number of allylic oxidation sites excluding steroid dienone is 4. The molecular weight excluding hydrogens is 180 g/mol. The number of rotatable bonds is 0. The van der Waals surface area contributed by atoms with Crippen molar-refractivity contribution < 1.29 is 14.3 Å². The summed E-state index contributed by atoms with van der Waals surface area (Å²) in [5, 5.41) is 0. The maximum atomic E-state index is 11.5. The Hall–Kier alpha value is -1.38. The molecule has 3 atom stereocenters. The van der Waals surface area contributed by atoms with E-state index in [0.717, 1.165) is 6.42 Å². The Morgan fingerprint density at radius 3 is 2.86 bits per heavy atom. The largest absolute Gasteiger partial charge is 0.393 e. The van der Waals surface area contributed by atoms with Gasteiger partial charge in [0, 0.05) is 5.92 Å². The lowest BCUT2D eigenvalue weighted by molar-refractivity contribution is -0.154. The van der Waals surface area contributed by atoms with E-state index in [1.807, 2.05) is 0 Å². The summed E-state index contributed by atoms with van der Waals surface area (Å²) in [7, 11) is 0. The Balaban J connectivity index is 2.01. The Bertz CT molecular complexity index is 378. The molecule has 0 aromatic rings. The van der Waals surface area contributed by atoms with E-state index in [2.05, 4.69) is 23.0 Å². The second-order valence-electron chi connectivity index (χ2n) is 4.06. The summed E-state index contributed by atoms with van der Waals surface area (Å²) in [6.45, 7) is 0. The molecule has 3 heteroatoms. The van der Waals surface area contributed by atoms with Crippen LogP contribution in [0.25, 0.3) is 0 Å². The maximum absolute atomic E-state index is 11.5. The molecule has 0 spiro atoms. The molecule has 2 aliphatic carbocycles. The van der Waals surface area contributed by atoms with Crippen molar-refractivity contribution in [1.29, 1.82) is 0 Å². The summed E-state index contributed by atoms with van der Waals surface area (Å²) < 4.78 is 4.68. The van der Waals surface area contributed by atoms with Crippen molar-refractivity contribution in [3.8, 4) is 0 Å². The van der Waals surface area contributed by atoms with Gasteiger partial charge in [0.25, 0.3) is 0 Å². The minimum Gasteiger partial charge on any atom is -0.393 e. The van der Waals surface area contributed by atoms with Gasteiger partial charge in [-0.2, -0.15) is 0 Å². The summed E-state index contributed by atoms with van der Waals surface area (Å²) in [6.07, 6.45) is 7.71. The molecule has 72 valence electrons. The van der Waals surface area contributed by atoms with Crippen molar-refractivity contribution in [1.82, 2.24) is 0 Å². The Morgan fingerprint density at radius 1 is 1.14 bits per heavy atom. The summed E-state index contributed by atoms with van der Waals surface area (Å²) >= 11 is 0. The number of hydrogen-bond donors (Lipinski definition) is 0. The normalized spacial score (nSPS) is 39.1. The molecule has 0 radical (unpaired) electrons. The number of carbonyl (C=O) groups is 2. The predicted molar refractivity (Wildman–Crippen MR) is 48.0 cm³/mol. The molecule has 1 heterocycles. The van der Waals surface area contributed by atoms with E-state index in [1.54, 1.807) is 0 Å². The van der Waals surface area contributed by atoms with Gasteiger partial charge in [0.1, 0.15) is 0 Å². The number of esters is 2. The van der Waals surface area contributed by atoms with Crippen molar-refractivity contribution in [3.63, 3.8) is 0 Å². The van der Waals surface area contributed by atoms with Crippen LogP contribution in [0.15, 0.2) is 23.8 Å². The minimum absolute atomic E-state index is 0.202. The highest BCUT2D eigenvalue weighted by molar-refractivity contribution is 5.97. The molecule has 3 aliphatic rings. The van der Waals surface area contributed by atoms with Crippen LogP contribution in [0.5, 0.6) is 0 Å². The molecule has 3 rings (SSSR count). The number of fused-ring (bicyclic) bond motifs is 3. The molecule has 0 amide bonds. The smallest absolute Gasteiger partial charge is 0.318 e. The SMILES string of the molecule is O=C1OC(=O)[C@H]2C3CC=CC3=CC[C@@H]12. The van der Waals surface area contributed by atoms with E-state index in [4.69, 9.17) is 0 Å². The Labute approximate surface area is 81.4 Å². The van der Waals surface area contributed by atoms with Crippen LogP contribution < -0.4 is 0 Å². The van der Waals surface area contributed by atoms with Crippen LogP contribution in [-0.2, 0) is 14.3 Å². The van der Waals surface area contributed by atoms with Crippen LogP contribution in [0.3, 0.4) is 0 Å². The molecule has 1 aliphatic heterocycles. The highest BCUT2D eigenvalue weighted by Crippen LogP contribution is 2.44. The fraction of sp³-hybridized carbons (Fsp3) is 0.455. The maximum Gasteiger partial charge on any atom is 0.318 e. The van der Waals surface area contributed by atoms with Gasteiger partial charge in [-0.15, -0.1) is 0 Å². The molecule has 1 saturated heterocycles. The van der Waals surface area contributed by atoms with Gasteiger partial charge >= 0.3 is 11.9 Å². The number of hydrogen-bond acceptors (Lipinski definition) is 3. The minimum atomic E-state index is -0.331. The first-order valence-corrected chi connectivity index (χ1v) is 4.89. The van der Waals surface area contributed by atoms with E-state index < -0.39 is 0 Å². The van der Waals surface area contributed by atoms with Crippen LogP contribution in [0.1, 0.15) is 12.8 Å². The van der Waals surface area contributed by atoms with Crippen LogP contribution in [0.2, 0.25) is 0 Å². The van der Waals surface area contributed by atoms with Gasteiger partial charge in [-0.05, 0) is 18.4 Å². The average molecular weight is 190 g/mol. The zero-order chi connectivity index (χ0) is 9.71. The third-order valence-electron chi connectivity index (χ3n) is 3.38. The summed E-state index contributed by atoms with van der Waals surface area (Å²) in [4.78, 5) is 22.8. The lowest BCUT2D eigenvalue weighted by Gasteiger charge is -2.25. The topological polar surface area (TPSA) is 43.4 Å². The van der Waals surface area contributed by atoms with Crippen LogP contribution >= 0.6 is 0 Å². The quantitative estimate of drug-likeness (QED) is 0.426. The van der Waals surface area contributed by atoms with Crippen molar-refractivity contribution >= 4 is 11.9 Å². The van der Waals surface area contributed by atoms with E-state index in [9.17, 15) is 9.59 Å². The van der Waals surface area contributed by atoms with E-state index in [0.29, 0.717) is 6.42 Å². The molecule has 0 N–H and O–H groups in total. The van der Waals surface area contributed by atoms with Crippen molar-refractivity contribution in [2.45, 2.75) is 12.8 Å². The van der Waals surface area contributed by atoms with E-state index >= 15 is 0 Å². The highest BCUT2D eigenvalue weighted by atomic mass is 16.6. The number of ether oxygens (including phenoxy) is 1. The second kappa shape index (κ2) is 2.56. The highest BCUT2D eigenvalue weighted by Gasteiger charge is 2.50. The van der Waals surface area contributed by atoms with Crippen molar-refractivity contribution in [3.05, 3.63) is 23.8 Å². The van der Waals surface area contributed by atoms with E-state index in [1.165, 1.54) is 5.57 Å². The van der Waals surface area contributed by atoms with Crippen molar-refractivity contribution in [2.24, 2.45) is 17.8 Å². The molecule has 1 fully saturated rings. The third-order valence-corrected chi connectivity index (χ3v) is 3.38. The molecule has 14 heavy (non-hydrogen) atoms. The van der Waals surface area contributed by atoms with E-state index in [-0.39, 0.29) is 29.7 Å². The molecule has 0 aromatic heterocycles. The van der Waals surface area contributed by atoms with Gasteiger partial charge in [0.15, 0.2) is 0 Å². The van der Waals surface area contributed by atoms with Gasteiger partial charge in [0.2, 0.25) is 0 Å². The molecule has 3 nitrogen and oxygen atoms in total. The first-order valence-electron chi connectivity index (χ1n) is 4.89. The predicted octanol–water partition coefficient (Wildman–Crippen LogP) is 1.21. The first kappa shape index (κ1) is 7.97. The third kappa shape index (κ3) is 0.870. The number of carbonyl (C=O) groups excluding carboxylic acids is 2. The average Bonchev–Trinajstić information content (AvgIpc) is 2.71. The van der Waals surface area contributed by atoms with Gasteiger partial charge in [-0.1, -0.05) is 18.2 Å².